The number of hydrogen-bond acceptors (Lipinski definition) is 2. The topological polar surface area (TPSA) is 38.1 Å². The van der Waals surface area contributed by atoms with Gasteiger partial charge in [0, 0.05) is 37.3 Å². The molecule has 2 fully saturated rings. The summed E-state index contributed by atoms with van der Waals surface area (Å²) in [5.74, 6) is 2.19. The lowest BCUT2D eigenvalue weighted by Gasteiger charge is -2.36. The molecule has 26 heavy (non-hydrogen) atoms. The van der Waals surface area contributed by atoms with Crippen LogP contribution in [0.25, 0.3) is 0 Å². The van der Waals surface area contributed by atoms with Crippen molar-refractivity contribution in [2.45, 2.75) is 63.8 Å². The van der Waals surface area contributed by atoms with Crippen LogP contribution in [-0.4, -0.2) is 33.4 Å². The molecule has 0 radical (unpaired) electrons. The smallest absolute Gasteiger partial charge is 0.222 e. The largest absolute Gasteiger partial charge is 0.341 e. The summed E-state index contributed by atoms with van der Waals surface area (Å²) in [5, 5.41) is 0. The van der Waals surface area contributed by atoms with Crippen molar-refractivity contribution in [3.8, 4) is 0 Å². The van der Waals surface area contributed by atoms with Gasteiger partial charge in [-0.3, -0.25) is 4.79 Å². The van der Waals surface area contributed by atoms with Gasteiger partial charge in [0.2, 0.25) is 5.91 Å². The van der Waals surface area contributed by atoms with Crippen molar-refractivity contribution in [2.75, 3.05) is 13.1 Å². The van der Waals surface area contributed by atoms with Gasteiger partial charge in [-0.05, 0) is 44.6 Å². The molecule has 1 saturated carbocycles. The summed E-state index contributed by atoms with van der Waals surface area (Å²) >= 11 is 0. The zero-order chi connectivity index (χ0) is 17.9. The van der Waals surface area contributed by atoms with Crippen LogP contribution in [-0.2, 0) is 11.2 Å². The van der Waals surface area contributed by atoms with Crippen molar-refractivity contribution in [1.29, 1.82) is 0 Å². The van der Waals surface area contributed by atoms with Gasteiger partial charge in [-0.1, -0.05) is 36.8 Å². The Morgan fingerprint density at radius 1 is 1.15 bits per heavy atom. The Morgan fingerprint density at radius 2 is 1.96 bits per heavy atom. The van der Waals surface area contributed by atoms with E-state index in [1.54, 1.807) is 0 Å². The molecular weight excluding hydrogens is 322 g/mol. The number of aromatic nitrogens is 2. The van der Waals surface area contributed by atoms with Gasteiger partial charge in [-0.25, -0.2) is 4.98 Å². The fourth-order valence-corrected chi connectivity index (χ4v) is 4.35. The van der Waals surface area contributed by atoms with Crippen LogP contribution in [0.15, 0.2) is 36.5 Å². The van der Waals surface area contributed by atoms with Crippen LogP contribution in [0.1, 0.15) is 67.6 Å². The number of nitrogens with zero attached hydrogens (tertiary/aromatic N) is 3. The highest BCUT2D eigenvalue weighted by atomic mass is 16.2. The average molecular weight is 351 g/mol. The minimum atomic E-state index is 0.293. The molecule has 2 aromatic rings. The molecule has 1 unspecified atom stereocenters. The fourth-order valence-electron chi connectivity index (χ4n) is 4.35. The number of imidazole rings is 1. The highest BCUT2D eigenvalue weighted by Gasteiger charge is 2.31. The van der Waals surface area contributed by atoms with Crippen molar-refractivity contribution in [2.24, 2.45) is 0 Å². The third-order valence-electron chi connectivity index (χ3n) is 6.07. The number of carbonyl (C=O) groups excluding carboxylic acids is 1. The van der Waals surface area contributed by atoms with Crippen LogP contribution >= 0.6 is 0 Å². The number of carbonyl (C=O) groups is 1. The molecule has 2 heterocycles. The van der Waals surface area contributed by atoms with Crippen LogP contribution in [0.3, 0.4) is 0 Å². The zero-order valence-electron chi connectivity index (χ0n) is 15.7. The number of amides is 1. The van der Waals surface area contributed by atoms with Gasteiger partial charge in [0.25, 0.3) is 0 Å². The number of rotatable bonds is 5. The summed E-state index contributed by atoms with van der Waals surface area (Å²) in [6.07, 6.45) is 9.55. The summed E-state index contributed by atoms with van der Waals surface area (Å²) in [7, 11) is 0. The molecule has 1 amide bonds. The maximum absolute atomic E-state index is 12.8. The molecule has 0 spiro atoms. The Hall–Kier alpha value is -2.10. The number of benzene rings is 1. The summed E-state index contributed by atoms with van der Waals surface area (Å²) in [5.41, 5.74) is 2.49. The van der Waals surface area contributed by atoms with Crippen LogP contribution < -0.4 is 0 Å². The van der Waals surface area contributed by atoms with Crippen LogP contribution in [0.2, 0.25) is 0 Å². The SMILES string of the molecule is Cc1cnc(C2CCC2)n1C1CCCN(C(=O)CCc2ccccc2)C1. The van der Waals surface area contributed by atoms with Gasteiger partial charge in [-0.2, -0.15) is 0 Å². The number of piperidine rings is 1. The quantitative estimate of drug-likeness (QED) is 0.807. The summed E-state index contributed by atoms with van der Waals surface area (Å²) in [4.78, 5) is 19.6. The minimum absolute atomic E-state index is 0.293. The maximum atomic E-state index is 12.8. The summed E-state index contributed by atoms with van der Waals surface area (Å²) in [6.45, 7) is 3.90. The van der Waals surface area contributed by atoms with E-state index < -0.39 is 0 Å². The highest BCUT2D eigenvalue weighted by Crippen LogP contribution is 2.38. The van der Waals surface area contributed by atoms with E-state index in [0.717, 1.165) is 32.4 Å². The first-order valence-electron chi connectivity index (χ1n) is 10.1. The molecule has 2 aliphatic rings. The molecule has 1 saturated heterocycles. The second-order valence-corrected chi connectivity index (χ2v) is 7.88. The Morgan fingerprint density at radius 3 is 2.69 bits per heavy atom. The first kappa shape index (κ1) is 17.3. The van der Waals surface area contributed by atoms with Crippen LogP contribution in [0, 0.1) is 6.92 Å². The number of aryl methyl sites for hydroxylation is 2. The van der Waals surface area contributed by atoms with Crippen molar-refractivity contribution >= 4 is 5.91 Å². The number of likely N-dealkylation sites (tertiary alicyclic amines) is 1. The van der Waals surface area contributed by atoms with Gasteiger partial charge in [0.1, 0.15) is 5.82 Å². The molecule has 0 bridgehead atoms. The minimum Gasteiger partial charge on any atom is -0.341 e. The van der Waals surface area contributed by atoms with Gasteiger partial charge in [-0.15, -0.1) is 0 Å². The average Bonchev–Trinajstić information content (AvgIpc) is 3.00. The number of hydrogen-bond donors (Lipinski definition) is 0. The van der Waals surface area contributed by atoms with Crippen LogP contribution in [0.4, 0.5) is 0 Å². The summed E-state index contributed by atoms with van der Waals surface area (Å²) in [6, 6.07) is 10.7. The highest BCUT2D eigenvalue weighted by molar-refractivity contribution is 5.76. The molecule has 1 aromatic heterocycles. The molecule has 138 valence electrons. The lowest BCUT2D eigenvalue weighted by molar-refractivity contribution is -0.132. The lowest BCUT2D eigenvalue weighted by Crippen LogP contribution is -2.41. The Labute approximate surface area is 156 Å². The standard InChI is InChI=1S/C22H29N3O/c1-17-15-23-22(19-9-5-10-19)25(17)20-11-6-14-24(16-20)21(26)13-12-18-7-3-2-4-8-18/h2-4,7-8,15,19-20H,5-6,9-14,16H2,1H3. The Bertz CT molecular complexity index is 748. The molecule has 1 aliphatic carbocycles. The van der Waals surface area contributed by atoms with Crippen molar-refractivity contribution in [1.82, 2.24) is 14.5 Å². The first-order valence-corrected chi connectivity index (χ1v) is 10.1. The molecule has 1 atom stereocenters. The van der Waals surface area contributed by atoms with E-state index in [9.17, 15) is 4.79 Å². The van der Waals surface area contributed by atoms with Crippen LogP contribution in [0.5, 0.6) is 0 Å². The predicted octanol–water partition coefficient (Wildman–Crippen LogP) is 4.26. The molecule has 4 nitrogen and oxygen atoms in total. The molecule has 1 aromatic carbocycles. The Balaban J connectivity index is 1.41. The molecule has 0 N–H and O–H groups in total. The van der Waals surface area contributed by atoms with E-state index in [1.165, 1.54) is 36.3 Å². The molecule has 1 aliphatic heterocycles. The van der Waals surface area contributed by atoms with Gasteiger partial charge in [0.15, 0.2) is 0 Å². The molecule has 4 rings (SSSR count). The van der Waals surface area contributed by atoms with Crippen molar-refractivity contribution < 1.29 is 4.79 Å². The summed E-state index contributed by atoms with van der Waals surface area (Å²) < 4.78 is 2.44. The van der Waals surface area contributed by atoms with Crippen molar-refractivity contribution in [3.05, 3.63) is 53.6 Å². The lowest BCUT2D eigenvalue weighted by atomic mass is 9.84. The van der Waals surface area contributed by atoms with E-state index in [4.69, 9.17) is 4.98 Å². The predicted molar refractivity (Wildman–Crippen MR) is 103 cm³/mol. The maximum Gasteiger partial charge on any atom is 0.222 e. The zero-order valence-corrected chi connectivity index (χ0v) is 15.7. The monoisotopic (exact) mass is 351 g/mol. The van der Waals surface area contributed by atoms with E-state index in [2.05, 4.69) is 28.5 Å². The van der Waals surface area contributed by atoms with Gasteiger partial charge < -0.3 is 9.47 Å². The first-order chi connectivity index (χ1) is 12.7. The van der Waals surface area contributed by atoms with Crippen molar-refractivity contribution in [3.63, 3.8) is 0 Å². The van der Waals surface area contributed by atoms with E-state index >= 15 is 0 Å². The van der Waals surface area contributed by atoms with E-state index in [1.807, 2.05) is 24.4 Å². The molecule has 4 heteroatoms. The second kappa shape index (κ2) is 7.65. The van der Waals surface area contributed by atoms with Gasteiger partial charge >= 0.3 is 0 Å². The van der Waals surface area contributed by atoms with E-state index in [0.29, 0.717) is 24.3 Å². The third-order valence-corrected chi connectivity index (χ3v) is 6.07. The third kappa shape index (κ3) is 3.55. The second-order valence-electron chi connectivity index (χ2n) is 7.88. The normalized spacial score (nSPS) is 20.8. The molecular formula is C22H29N3O. The van der Waals surface area contributed by atoms with Gasteiger partial charge in [0.05, 0.1) is 6.04 Å². The van der Waals surface area contributed by atoms with E-state index in [-0.39, 0.29) is 0 Å². The fraction of sp³-hybridized carbons (Fsp3) is 0.545. The Kier molecular flexibility index (Phi) is 5.09.